The maximum atomic E-state index is 13.2. The number of pyridine rings is 1. The summed E-state index contributed by atoms with van der Waals surface area (Å²) in [5.74, 6) is -0.486. The van der Waals surface area contributed by atoms with Crippen molar-refractivity contribution >= 4 is 40.4 Å². The van der Waals surface area contributed by atoms with E-state index < -0.39 is 0 Å². The molecule has 5 rings (SSSR count). The third-order valence-electron chi connectivity index (χ3n) is 5.68. The zero-order chi connectivity index (χ0) is 24.4. The van der Waals surface area contributed by atoms with Crippen LogP contribution in [0.5, 0.6) is 0 Å². The van der Waals surface area contributed by atoms with Gasteiger partial charge in [0.2, 0.25) is 0 Å². The number of aromatic amines is 1. The molecule has 2 N–H and O–H groups in total. The van der Waals surface area contributed by atoms with Crippen LogP contribution in [-0.4, -0.2) is 36.7 Å². The maximum Gasteiger partial charge on any atom is 0.276 e. The zero-order valence-corrected chi connectivity index (χ0v) is 19.2. The van der Waals surface area contributed by atoms with Crippen LogP contribution in [0, 0.1) is 6.92 Å². The lowest BCUT2D eigenvalue weighted by molar-refractivity contribution is 0.101. The van der Waals surface area contributed by atoms with Gasteiger partial charge in [-0.05, 0) is 61.5 Å². The largest absolute Gasteiger partial charge is 0.321 e. The van der Waals surface area contributed by atoms with Gasteiger partial charge in [0, 0.05) is 41.1 Å². The molecule has 3 aromatic heterocycles. The average Bonchev–Trinajstić information content (AvgIpc) is 3.45. The van der Waals surface area contributed by atoms with Crippen molar-refractivity contribution in [2.45, 2.75) is 6.92 Å². The van der Waals surface area contributed by atoms with Gasteiger partial charge in [0.1, 0.15) is 0 Å². The van der Waals surface area contributed by atoms with Crippen molar-refractivity contribution in [2.75, 3.05) is 5.32 Å². The Kier molecular flexibility index (Phi) is 5.76. The smallest absolute Gasteiger partial charge is 0.276 e. The normalized spacial score (nSPS) is 11.3. The van der Waals surface area contributed by atoms with Gasteiger partial charge in [-0.15, -0.1) is 0 Å². The number of H-pyrrole nitrogens is 1. The Morgan fingerprint density at radius 2 is 1.83 bits per heavy atom. The van der Waals surface area contributed by atoms with Crippen molar-refractivity contribution in [3.63, 3.8) is 0 Å². The number of anilines is 1. The van der Waals surface area contributed by atoms with E-state index in [0.717, 1.165) is 28.0 Å². The first kappa shape index (κ1) is 22.0. The van der Waals surface area contributed by atoms with E-state index in [-0.39, 0.29) is 11.7 Å². The summed E-state index contributed by atoms with van der Waals surface area (Å²) in [5.41, 5.74) is 5.06. The van der Waals surface area contributed by atoms with E-state index in [9.17, 15) is 9.59 Å². The Morgan fingerprint density at radius 3 is 2.60 bits per heavy atom. The summed E-state index contributed by atoms with van der Waals surface area (Å²) in [5, 5.41) is 15.3. The van der Waals surface area contributed by atoms with Crippen LogP contribution in [0.4, 0.5) is 5.69 Å². The van der Waals surface area contributed by atoms with Crippen molar-refractivity contribution in [1.82, 2.24) is 25.0 Å². The molecule has 0 aliphatic heterocycles. The zero-order valence-electron chi connectivity index (χ0n) is 19.2. The summed E-state index contributed by atoms with van der Waals surface area (Å²) < 4.78 is 1.64. The van der Waals surface area contributed by atoms with Crippen LogP contribution in [-0.2, 0) is 7.05 Å². The maximum absolute atomic E-state index is 13.2. The van der Waals surface area contributed by atoms with Crippen LogP contribution in [0.25, 0.3) is 23.1 Å². The molecule has 0 spiro atoms. The third-order valence-corrected chi connectivity index (χ3v) is 5.68. The van der Waals surface area contributed by atoms with Crippen LogP contribution in [0.2, 0.25) is 0 Å². The molecule has 2 aromatic carbocycles. The molecule has 8 nitrogen and oxygen atoms in total. The minimum atomic E-state index is -0.330. The second-order valence-electron chi connectivity index (χ2n) is 8.12. The van der Waals surface area contributed by atoms with Crippen molar-refractivity contribution in [2.24, 2.45) is 7.05 Å². The number of aryl methyl sites for hydroxylation is 2. The first-order chi connectivity index (χ1) is 17.0. The first-order valence-electron chi connectivity index (χ1n) is 11.0. The molecular weight excluding hydrogens is 440 g/mol. The number of amides is 1. The molecule has 0 bridgehead atoms. The standard InChI is InChI=1S/C27H22N6O2/c1-17-14-25(32-33(17)2)27(35)29-21-8-5-6-18(15-21)26(34)19-9-11-22-23(30-31-24(22)16-19)12-10-20-7-3-4-13-28-20/h3-16H,1-2H3,(H,29,35)(H,30,31)/b12-10+. The van der Waals surface area contributed by atoms with E-state index >= 15 is 0 Å². The fourth-order valence-corrected chi connectivity index (χ4v) is 3.72. The van der Waals surface area contributed by atoms with Gasteiger partial charge in [-0.3, -0.25) is 24.4 Å². The van der Waals surface area contributed by atoms with Crippen LogP contribution in [0.15, 0.2) is 72.9 Å². The van der Waals surface area contributed by atoms with Crippen molar-refractivity contribution in [3.05, 3.63) is 107 Å². The number of aromatic nitrogens is 5. The van der Waals surface area contributed by atoms with Gasteiger partial charge in [0.25, 0.3) is 5.91 Å². The van der Waals surface area contributed by atoms with Gasteiger partial charge >= 0.3 is 0 Å². The molecule has 5 aromatic rings. The molecular formula is C27H22N6O2. The van der Waals surface area contributed by atoms with Gasteiger partial charge in [-0.2, -0.15) is 10.2 Å². The highest BCUT2D eigenvalue weighted by Crippen LogP contribution is 2.22. The first-order valence-corrected chi connectivity index (χ1v) is 11.0. The van der Waals surface area contributed by atoms with E-state index in [0.29, 0.717) is 22.5 Å². The predicted molar refractivity (Wildman–Crippen MR) is 135 cm³/mol. The molecule has 0 aliphatic rings. The molecule has 1 amide bonds. The number of hydrogen-bond donors (Lipinski definition) is 2. The van der Waals surface area contributed by atoms with E-state index in [4.69, 9.17) is 0 Å². The summed E-state index contributed by atoms with van der Waals surface area (Å²) in [6, 6.07) is 19.7. The van der Waals surface area contributed by atoms with E-state index in [1.807, 2.05) is 43.3 Å². The van der Waals surface area contributed by atoms with E-state index in [2.05, 4.69) is 25.6 Å². The third kappa shape index (κ3) is 4.63. The summed E-state index contributed by atoms with van der Waals surface area (Å²) in [6.45, 7) is 1.87. The lowest BCUT2D eigenvalue weighted by atomic mass is 10.0. The number of nitrogens with zero attached hydrogens (tertiary/aromatic N) is 4. The topological polar surface area (TPSA) is 106 Å². The average molecular weight is 463 g/mol. The quantitative estimate of drug-likeness (QED) is 0.357. The van der Waals surface area contributed by atoms with Crippen molar-refractivity contribution in [1.29, 1.82) is 0 Å². The summed E-state index contributed by atoms with van der Waals surface area (Å²) in [7, 11) is 1.78. The molecule has 0 atom stereocenters. The van der Waals surface area contributed by atoms with Gasteiger partial charge in [-0.25, -0.2) is 0 Å². The van der Waals surface area contributed by atoms with Gasteiger partial charge < -0.3 is 5.32 Å². The minimum Gasteiger partial charge on any atom is -0.321 e. The highest BCUT2D eigenvalue weighted by Gasteiger charge is 2.15. The van der Waals surface area contributed by atoms with Gasteiger partial charge in [0.05, 0.1) is 16.9 Å². The van der Waals surface area contributed by atoms with E-state index in [1.54, 1.807) is 60.4 Å². The van der Waals surface area contributed by atoms with Crippen LogP contribution in [0.1, 0.15) is 43.5 Å². The highest BCUT2D eigenvalue weighted by atomic mass is 16.2. The monoisotopic (exact) mass is 462 g/mol. The lowest BCUT2D eigenvalue weighted by Gasteiger charge is -2.06. The molecule has 35 heavy (non-hydrogen) atoms. The Hall–Kier alpha value is -4.85. The SMILES string of the molecule is Cc1cc(C(=O)Nc2cccc(C(=O)c3ccc4c(/C=C/c5ccccn5)n[nH]c4c3)c2)nn1C. The molecule has 0 radical (unpaired) electrons. The number of rotatable bonds is 6. The Bertz CT molecular complexity index is 1560. The minimum absolute atomic E-state index is 0.156. The molecule has 8 heteroatoms. The second kappa shape index (κ2) is 9.18. The van der Waals surface area contributed by atoms with Gasteiger partial charge in [0.15, 0.2) is 11.5 Å². The number of nitrogens with one attached hydrogen (secondary N) is 2. The fourth-order valence-electron chi connectivity index (χ4n) is 3.72. The summed E-state index contributed by atoms with van der Waals surface area (Å²) in [6.07, 6.45) is 5.51. The molecule has 0 saturated heterocycles. The molecule has 3 heterocycles. The summed E-state index contributed by atoms with van der Waals surface area (Å²) in [4.78, 5) is 30.0. The highest BCUT2D eigenvalue weighted by molar-refractivity contribution is 6.11. The Morgan fingerprint density at radius 1 is 0.971 bits per heavy atom. The lowest BCUT2D eigenvalue weighted by Crippen LogP contribution is -2.13. The van der Waals surface area contributed by atoms with Crippen LogP contribution >= 0.6 is 0 Å². The molecule has 0 fully saturated rings. The number of fused-ring (bicyclic) bond motifs is 1. The molecule has 0 saturated carbocycles. The van der Waals surface area contributed by atoms with Gasteiger partial charge in [-0.1, -0.05) is 24.3 Å². The fraction of sp³-hybridized carbons (Fsp3) is 0.0741. The Balaban J connectivity index is 1.35. The number of carbonyl (C=O) groups excluding carboxylic acids is 2. The molecule has 0 aliphatic carbocycles. The number of ketones is 1. The molecule has 172 valence electrons. The van der Waals surface area contributed by atoms with E-state index in [1.165, 1.54) is 0 Å². The predicted octanol–water partition coefficient (Wildman–Crippen LogP) is 4.65. The van der Waals surface area contributed by atoms with Crippen molar-refractivity contribution < 1.29 is 9.59 Å². The number of carbonyl (C=O) groups is 2. The van der Waals surface area contributed by atoms with Crippen LogP contribution in [0.3, 0.4) is 0 Å². The van der Waals surface area contributed by atoms with Crippen LogP contribution < -0.4 is 5.32 Å². The van der Waals surface area contributed by atoms with Crippen molar-refractivity contribution in [3.8, 4) is 0 Å². The molecule has 0 unspecified atom stereocenters. The Labute approximate surface area is 201 Å². The second-order valence-corrected chi connectivity index (χ2v) is 8.12. The summed E-state index contributed by atoms with van der Waals surface area (Å²) >= 11 is 0. The number of benzene rings is 2. The number of hydrogen-bond acceptors (Lipinski definition) is 5.